The molecule has 7 nitrogen and oxygen atoms in total. The zero-order chi connectivity index (χ0) is 25.1. The van der Waals surface area contributed by atoms with Crippen LogP contribution in [0.3, 0.4) is 0 Å². The van der Waals surface area contributed by atoms with E-state index in [2.05, 4.69) is 5.32 Å². The molecular formula is C26H21Cl2NO6. The van der Waals surface area contributed by atoms with Gasteiger partial charge in [0.15, 0.2) is 11.5 Å². The normalized spacial score (nSPS) is 11.9. The maximum Gasteiger partial charge on any atom is 0.343 e. The molecule has 3 N–H and O–H groups in total. The van der Waals surface area contributed by atoms with Gasteiger partial charge in [0.1, 0.15) is 11.3 Å². The highest BCUT2D eigenvalue weighted by Crippen LogP contribution is 2.38. The number of amides is 1. The molecule has 4 rings (SSSR count). The van der Waals surface area contributed by atoms with Gasteiger partial charge in [0, 0.05) is 18.9 Å². The van der Waals surface area contributed by atoms with Crippen LogP contribution in [0, 0.1) is 0 Å². The third-order valence-corrected chi connectivity index (χ3v) is 6.38. The molecule has 3 aromatic carbocycles. The van der Waals surface area contributed by atoms with Crippen LogP contribution < -0.4 is 15.7 Å². The van der Waals surface area contributed by atoms with Crippen LogP contribution >= 0.6 is 23.2 Å². The number of fused-ring (bicyclic) bond motifs is 1. The van der Waals surface area contributed by atoms with Crippen molar-refractivity contribution in [1.82, 2.24) is 5.32 Å². The second-order valence-corrected chi connectivity index (χ2v) is 8.68. The van der Waals surface area contributed by atoms with Gasteiger partial charge in [-0.15, -0.1) is 0 Å². The molecule has 0 unspecified atom stereocenters. The molecule has 1 aromatic heterocycles. The van der Waals surface area contributed by atoms with Crippen molar-refractivity contribution in [3.05, 3.63) is 97.8 Å². The number of hydrogen-bond acceptors (Lipinski definition) is 6. The first-order chi connectivity index (χ1) is 16.8. The molecule has 0 saturated heterocycles. The minimum Gasteiger partial charge on any atom is -0.507 e. The summed E-state index contributed by atoms with van der Waals surface area (Å²) in [6, 6.07) is 16.1. The van der Waals surface area contributed by atoms with Gasteiger partial charge in [-0.25, -0.2) is 4.79 Å². The summed E-state index contributed by atoms with van der Waals surface area (Å²) in [7, 11) is 1.41. The number of nitrogens with one attached hydrogen (secondary N) is 1. The molecule has 0 saturated carbocycles. The molecule has 0 aliphatic heterocycles. The maximum absolute atomic E-state index is 12.9. The van der Waals surface area contributed by atoms with Gasteiger partial charge < -0.3 is 24.7 Å². The zero-order valence-corrected chi connectivity index (χ0v) is 20.1. The summed E-state index contributed by atoms with van der Waals surface area (Å²) in [5, 5.41) is 25.2. The minimum atomic E-state index is -0.915. The van der Waals surface area contributed by atoms with E-state index in [0.29, 0.717) is 21.0 Å². The Bertz CT molecular complexity index is 1470. The fraction of sp³-hybridized carbons (Fsp3) is 0.154. The number of para-hydroxylation sites is 1. The Hall–Kier alpha value is -3.68. The smallest absolute Gasteiger partial charge is 0.343 e. The summed E-state index contributed by atoms with van der Waals surface area (Å²) in [4.78, 5) is 25.9. The van der Waals surface area contributed by atoms with Crippen LogP contribution in [0.1, 0.15) is 29.0 Å². The van der Waals surface area contributed by atoms with Crippen molar-refractivity contribution in [3.8, 4) is 17.2 Å². The lowest BCUT2D eigenvalue weighted by Gasteiger charge is -2.19. The second-order valence-electron chi connectivity index (χ2n) is 7.86. The zero-order valence-electron chi connectivity index (χ0n) is 18.5. The van der Waals surface area contributed by atoms with Gasteiger partial charge in [-0.3, -0.25) is 4.79 Å². The van der Waals surface area contributed by atoms with Crippen molar-refractivity contribution in [1.29, 1.82) is 0 Å². The molecule has 1 amide bonds. The van der Waals surface area contributed by atoms with Crippen molar-refractivity contribution >= 4 is 40.1 Å². The third-order valence-electron chi connectivity index (χ3n) is 5.64. The largest absolute Gasteiger partial charge is 0.507 e. The van der Waals surface area contributed by atoms with Crippen molar-refractivity contribution in [3.63, 3.8) is 0 Å². The number of methoxy groups -OCH3 is 1. The van der Waals surface area contributed by atoms with Crippen LogP contribution in [0.5, 0.6) is 17.2 Å². The monoisotopic (exact) mass is 513 g/mol. The number of halogens is 2. The SMILES string of the molecule is COc1ccc([C@H](CC(=O)NCc2ccc(Cl)c(Cl)c2)c2c(O)c3ccccc3oc2=O)cc1O. The Morgan fingerprint density at radius 2 is 1.83 bits per heavy atom. The van der Waals surface area contributed by atoms with Crippen molar-refractivity contribution < 1.29 is 24.2 Å². The standard InChI is InChI=1S/C26H21Cl2NO6/c1-34-22-9-7-15(11-20(22)30)17(12-23(31)29-13-14-6-8-18(27)19(28)10-14)24-25(32)16-4-2-3-5-21(16)35-26(24)33/h2-11,17,30,32H,12-13H2,1H3,(H,29,31)/t17-/m0/s1. The molecule has 9 heteroatoms. The molecule has 0 radical (unpaired) electrons. The first-order valence-corrected chi connectivity index (χ1v) is 11.4. The van der Waals surface area contributed by atoms with E-state index in [9.17, 15) is 19.8 Å². The number of rotatable bonds is 7. The minimum absolute atomic E-state index is 0.0852. The van der Waals surface area contributed by atoms with Gasteiger partial charge in [-0.2, -0.15) is 0 Å². The second kappa shape index (κ2) is 10.3. The van der Waals surface area contributed by atoms with E-state index in [1.165, 1.54) is 19.2 Å². The van der Waals surface area contributed by atoms with Crippen LogP contribution in [0.2, 0.25) is 10.0 Å². The van der Waals surface area contributed by atoms with Gasteiger partial charge in [0.2, 0.25) is 5.91 Å². The number of phenols is 1. The molecule has 35 heavy (non-hydrogen) atoms. The van der Waals surface area contributed by atoms with E-state index in [1.807, 2.05) is 0 Å². The third kappa shape index (κ3) is 5.21. The Balaban J connectivity index is 1.71. The molecule has 1 heterocycles. The molecule has 4 aromatic rings. The summed E-state index contributed by atoms with van der Waals surface area (Å²) in [5.41, 5.74) is 0.515. The van der Waals surface area contributed by atoms with E-state index >= 15 is 0 Å². The lowest BCUT2D eigenvalue weighted by atomic mass is 9.87. The average molecular weight is 514 g/mol. The lowest BCUT2D eigenvalue weighted by molar-refractivity contribution is -0.121. The molecule has 0 spiro atoms. The van der Waals surface area contributed by atoms with Crippen LogP contribution in [0.25, 0.3) is 11.0 Å². The molecular weight excluding hydrogens is 493 g/mol. The van der Waals surface area contributed by atoms with E-state index in [1.54, 1.807) is 48.5 Å². The predicted molar refractivity (Wildman–Crippen MR) is 134 cm³/mol. The van der Waals surface area contributed by atoms with Gasteiger partial charge in [-0.05, 0) is 47.5 Å². The summed E-state index contributed by atoms with van der Waals surface area (Å²) in [6.07, 6.45) is -0.205. The van der Waals surface area contributed by atoms with Gasteiger partial charge in [0.05, 0.1) is 28.1 Å². The van der Waals surface area contributed by atoms with Gasteiger partial charge in [-0.1, -0.05) is 47.5 Å². The highest BCUT2D eigenvalue weighted by molar-refractivity contribution is 6.42. The number of benzene rings is 3. The summed E-state index contributed by atoms with van der Waals surface area (Å²) in [5.74, 6) is -1.54. The highest BCUT2D eigenvalue weighted by Gasteiger charge is 2.27. The fourth-order valence-corrected chi connectivity index (χ4v) is 4.19. The lowest BCUT2D eigenvalue weighted by Crippen LogP contribution is -2.26. The van der Waals surface area contributed by atoms with E-state index in [0.717, 1.165) is 5.56 Å². The summed E-state index contributed by atoms with van der Waals surface area (Å²) < 4.78 is 10.5. The maximum atomic E-state index is 12.9. The molecule has 0 aliphatic carbocycles. The topological polar surface area (TPSA) is 109 Å². The average Bonchev–Trinajstić information content (AvgIpc) is 2.84. The van der Waals surface area contributed by atoms with Crippen LogP contribution in [-0.4, -0.2) is 23.2 Å². The Labute approximate surface area is 210 Å². The van der Waals surface area contributed by atoms with Crippen LogP contribution in [0.15, 0.2) is 69.9 Å². The Morgan fingerprint density at radius 1 is 1.06 bits per heavy atom. The quantitative estimate of drug-likeness (QED) is 0.287. The molecule has 0 fully saturated rings. The van der Waals surface area contributed by atoms with E-state index in [-0.39, 0.29) is 41.4 Å². The fourth-order valence-electron chi connectivity index (χ4n) is 3.87. The van der Waals surface area contributed by atoms with E-state index in [4.69, 9.17) is 32.4 Å². The first kappa shape index (κ1) is 24.4. The molecule has 1 atom stereocenters. The van der Waals surface area contributed by atoms with Crippen LogP contribution in [0.4, 0.5) is 0 Å². The highest BCUT2D eigenvalue weighted by atomic mass is 35.5. The van der Waals surface area contributed by atoms with Gasteiger partial charge >= 0.3 is 5.63 Å². The Kier molecular flexibility index (Phi) is 7.19. The molecule has 180 valence electrons. The number of carbonyl (C=O) groups excluding carboxylic acids is 1. The molecule has 0 aliphatic rings. The number of ether oxygens (including phenoxy) is 1. The summed E-state index contributed by atoms with van der Waals surface area (Å²) >= 11 is 12.0. The van der Waals surface area contributed by atoms with E-state index < -0.39 is 17.5 Å². The van der Waals surface area contributed by atoms with Crippen molar-refractivity contribution in [2.24, 2.45) is 0 Å². The number of aromatic hydroxyl groups is 2. The van der Waals surface area contributed by atoms with Crippen molar-refractivity contribution in [2.75, 3.05) is 7.11 Å². The van der Waals surface area contributed by atoms with Crippen LogP contribution in [-0.2, 0) is 11.3 Å². The van der Waals surface area contributed by atoms with Crippen molar-refractivity contribution in [2.45, 2.75) is 18.9 Å². The number of carbonyl (C=O) groups is 1. The summed E-state index contributed by atoms with van der Waals surface area (Å²) in [6.45, 7) is 0.175. The predicted octanol–water partition coefficient (Wildman–Crippen LogP) is 5.36. The molecule has 0 bridgehead atoms. The van der Waals surface area contributed by atoms with Gasteiger partial charge in [0.25, 0.3) is 0 Å². The first-order valence-electron chi connectivity index (χ1n) is 10.6. The number of phenolic OH excluding ortho intramolecular Hbond substituents is 1. The number of hydrogen-bond donors (Lipinski definition) is 3. The Morgan fingerprint density at radius 3 is 2.54 bits per heavy atom.